The third-order valence-corrected chi connectivity index (χ3v) is 2.83. The molecule has 4 nitrogen and oxygen atoms in total. The van der Waals surface area contributed by atoms with Crippen molar-refractivity contribution < 1.29 is 9.84 Å². The lowest BCUT2D eigenvalue weighted by Gasteiger charge is -2.44. The minimum atomic E-state index is 0.0179. The lowest BCUT2D eigenvalue weighted by atomic mass is 10.1. The van der Waals surface area contributed by atoms with Crippen molar-refractivity contribution in [3.8, 4) is 0 Å². The smallest absolute Gasteiger partial charge is 0.0936 e. The Bertz CT molecular complexity index is 173. The highest BCUT2D eigenvalue weighted by atomic mass is 16.5. The second-order valence-electron chi connectivity index (χ2n) is 4.02. The maximum Gasteiger partial charge on any atom is 0.0936 e. The number of morpholine rings is 1. The predicted molar refractivity (Wildman–Crippen MR) is 49.7 cm³/mol. The number of ether oxygens (including phenoxy) is 1. The van der Waals surface area contributed by atoms with Gasteiger partial charge in [0.2, 0.25) is 0 Å². The van der Waals surface area contributed by atoms with Crippen molar-refractivity contribution in [2.24, 2.45) is 0 Å². The van der Waals surface area contributed by atoms with Crippen LogP contribution in [-0.4, -0.2) is 61.0 Å². The molecule has 76 valence electrons. The van der Waals surface area contributed by atoms with E-state index >= 15 is 0 Å². The van der Waals surface area contributed by atoms with Crippen molar-refractivity contribution in [1.82, 2.24) is 10.2 Å². The van der Waals surface area contributed by atoms with E-state index in [9.17, 15) is 0 Å². The van der Waals surface area contributed by atoms with Gasteiger partial charge in [0.05, 0.1) is 18.8 Å². The summed E-state index contributed by atoms with van der Waals surface area (Å²) in [4.78, 5) is 2.42. The molecule has 0 radical (unpaired) electrons. The molecule has 0 spiro atoms. The standard InChI is InChI=1S/C9H18N2O2/c1-7-4-11(8-2-10-3-8)5-9(6-12)13-7/h7-10,12H,2-6H2,1H3. The Kier molecular flexibility index (Phi) is 2.83. The van der Waals surface area contributed by atoms with Crippen LogP contribution in [0.5, 0.6) is 0 Å². The molecule has 0 aromatic carbocycles. The lowest BCUT2D eigenvalue weighted by molar-refractivity contribution is -0.109. The maximum atomic E-state index is 9.03. The molecule has 2 N–H and O–H groups in total. The van der Waals surface area contributed by atoms with Crippen LogP contribution in [0.25, 0.3) is 0 Å². The molecule has 2 aliphatic rings. The number of hydrogen-bond acceptors (Lipinski definition) is 4. The number of aliphatic hydroxyl groups is 1. The van der Waals surface area contributed by atoms with Crippen LogP contribution in [0, 0.1) is 0 Å². The average Bonchev–Trinajstić information content (AvgIpc) is 2.00. The van der Waals surface area contributed by atoms with E-state index in [4.69, 9.17) is 9.84 Å². The second kappa shape index (κ2) is 3.92. The van der Waals surface area contributed by atoms with Crippen molar-refractivity contribution in [2.75, 3.05) is 32.8 Å². The molecule has 2 rings (SSSR count). The summed E-state index contributed by atoms with van der Waals surface area (Å²) in [7, 11) is 0. The lowest BCUT2D eigenvalue weighted by Crippen LogP contribution is -2.62. The monoisotopic (exact) mass is 186 g/mol. The Morgan fingerprint density at radius 1 is 1.46 bits per heavy atom. The fourth-order valence-electron chi connectivity index (χ4n) is 2.01. The van der Waals surface area contributed by atoms with Crippen LogP contribution in [0.3, 0.4) is 0 Å². The van der Waals surface area contributed by atoms with Crippen molar-refractivity contribution in [3.05, 3.63) is 0 Å². The van der Waals surface area contributed by atoms with Crippen LogP contribution in [0.4, 0.5) is 0 Å². The van der Waals surface area contributed by atoms with Crippen LogP contribution in [0.15, 0.2) is 0 Å². The number of rotatable bonds is 2. The van der Waals surface area contributed by atoms with Gasteiger partial charge in [0.25, 0.3) is 0 Å². The number of nitrogens with zero attached hydrogens (tertiary/aromatic N) is 1. The summed E-state index contributed by atoms with van der Waals surface area (Å²) in [6.45, 7) is 6.27. The quantitative estimate of drug-likeness (QED) is 0.583. The van der Waals surface area contributed by atoms with Gasteiger partial charge in [-0.3, -0.25) is 4.90 Å². The summed E-state index contributed by atoms with van der Waals surface area (Å²) in [5.41, 5.74) is 0. The van der Waals surface area contributed by atoms with Crippen LogP contribution in [-0.2, 0) is 4.74 Å². The topological polar surface area (TPSA) is 44.7 Å². The molecule has 0 saturated carbocycles. The Morgan fingerprint density at radius 3 is 2.77 bits per heavy atom. The van der Waals surface area contributed by atoms with Gasteiger partial charge in [0.1, 0.15) is 0 Å². The highest BCUT2D eigenvalue weighted by Gasteiger charge is 2.32. The van der Waals surface area contributed by atoms with E-state index in [1.807, 2.05) is 0 Å². The van der Waals surface area contributed by atoms with Gasteiger partial charge in [0, 0.05) is 32.2 Å². The minimum absolute atomic E-state index is 0.0179. The fraction of sp³-hybridized carbons (Fsp3) is 1.00. The molecule has 2 saturated heterocycles. The molecule has 2 heterocycles. The third kappa shape index (κ3) is 2.02. The fourth-order valence-corrected chi connectivity index (χ4v) is 2.01. The molecular weight excluding hydrogens is 168 g/mol. The van der Waals surface area contributed by atoms with Crippen LogP contribution < -0.4 is 5.32 Å². The molecule has 2 aliphatic heterocycles. The molecule has 0 amide bonds. The van der Waals surface area contributed by atoms with E-state index in [0.29, 0.717) is 6.04 Å². The highest BCUT2D eigenvalue weighted by molar-refractivity contribution is 4.88. The molecule has 0 aliphatic carbocycles. The van der Waals surface area contributed by atoms with Crippen molar-refractivity contribution in [2.45, 2.75) is 25.2 Å². The summed E-state index contributed by atoms with van der Waals surface area (Å²) in [6, 6.07) is 0.667. The molecular formula is C9H18N2O2. The number of aliphatic hydroxyl groups excluding tert-OH is 1. The van der Waals surface area contributed by atoms with Gasteiger partial charge < -0.3 is 15.2 Å². The summed E-state index contributed by atoms with van der Waals surface area (Å²) in [5, 5.41) is 12.3. The van der Waals surface area contributed by atoms with E-state index < -0.39 is 0 Å². The van der Waals surface area contributed by atoms with Gasteiger partial charge in [0.15, 0.2) is 0 Å². The third-order valence-electron chi connectivity index (χ3n) is 2.83. The number of hydrogen-bond donors (Lipinski definition) is 2. The molecule has 2 unspecified atom stereocenters. The molecule has 0 bridgehead atoms. The zero-order chi connectivity index (χ0) is 9.26. The van der Waals surface area contributed by atoms with Crippen LogP contribution in [0.1, 0.15) is 6.92 Å². The van der Waals surface area contributed by atoms with Gasteiger partial charge in [-0.15, -0.1) is 0 Å². The summed E-state index contributed by atoms with van der Waals surface area (Å²) >= 11 is 0. The zero-order valence-corrected chi connectivity index (χ0v) is 8.07. The molecule has 2 fully saturated rings. The molecule has 2 atom stereocenters. The van der Waals surface area contributed by atoms with Gasteiger partial charge in [-0.25, -0.2) is 0 Å². The Balaban J connectivity index is 1.88. The second-order valence-corrected chi connectivity index (χ2v) is 4.02. The van der Waals surface area contributed by atoms with E-state index in [1.165, 1.54) is 0 Å². The number of nitrogens with one attached hydrogen (secondary N) is 1. The minimum Gasteiger partial charge on any atom is -0.394 e. The Hall–Kier alpha value is -0.160. The van der Waals surface area contributed by atoms with Crippen molar-refractivity contribution in [3.63, 3.8) is 0 Å². The maximum absolute atomic E-state index is 9.03. The van der Waals surface area contributed by atoms with E-state index in [0.717, 1.165) is 26.2 Å². The SMILES string of the molecule is CC1CN(C2CNC2)CC(CO)O1. The van der Waals surface area contributed by atoms with E-state index in [2.05, 4.69) is 17.1 Å². The van der Waals surface area contributed by atoms with E-state index in [-0.39, 0.29) is 18.8 Å². The zero-order valence-electron chi connectivity index (χ0n) is 8.07. The van der Waals surface area contributed by atoms with Gasteiger partial charge in [-0.05, 0) is 6.92 Å². The first kappa shape index (κ1) is 9.40. The highest BCUT2D eigenvalue weighted by Crippen LogP contribution is 2.15. The Labute approximate surface area is 78.9 Å². The van der Waals surface area contributed by atoms with Gasteiger partial charge >= 0.3 is 0 Å². The van der Waals surface area contributed by atoms with Gasteiger partial charge in [-0.1, -0.05) is 0 Å². The van der Waals surface area contributed by atoms with Crippen LogP contribution >= 0.6 is 0 Å². The molecule has 13 heavy (non-hydrogen) atoms. The predicted octanol–water partition coefficient (Wildman–Crippen LogP) is -0.960. The largest absolute Gasteiger partial charge is 0.394 e. The molecule has 0 aromatic rings. The molecule has 0 aromatic heterocycles. The average molecular weight is 186 g/mol. The summed E-state index contributed by atoms with van der Waals surface area (Å²) in [5.74, 6) is 0. The summed E-state index contributed by atoms with van der Waals surface area (Å²) in [6.07, 6.45) is 0.274. The van der Waals surface area contributed by atoms with E-state index in [1.54, 1.807) is 0 Å². The Morgan fingerprint density at radius 2 is 2.23 bits per heavy atom. The molecule has 4 heteroatoms. The van der Waals surface area contributed by atoms with Crippen LogP contribution in [0.2, 0.25) is 0 Å². The first-order chi connectivity index (χ1) is 6.29. The van der Waals surface area contributed by atoms with Gasteiger partial charge in [-0.2, -0.15) is 0 Å². The first-order valence-electron chi connectivity index (χ1n) is 5.00. The first-order valence-corrected chi connectivity index (χ1v) is 5.00. The summed E-state index contributed by atoms with van der Waals surface area (Å²) < 4.78 is 5.57. The van der Waals surface area contributed by atoms with Crippen molar-refractivity contribution >= 4 is 0 Å². The van der Waals surface area contributed by atoms with Crippen molar-refractivity contribution in [1.29, 1.82) is 0 Å². The normalized spacial score (nSPS) is 37.4.